The van der Waals surface area contributed by atoms with E-state index < -0.39 is 0 Å². The van der Waals surface area contributed by atoms with E-state index >= 15 is 0 Å². The van der Waals surface area contributed by atoms with Crippen molar-refractivity contribution in [1.29, 1.82) is 5.41 Å². The van der Waals surface area contributed by atoms with E-state index in [0.29, 0.717) is 5.96 Å². The molecule has 0 unspecified atom stereocenters. The number of rotatable bonds is 0. The van der Waals surface area contributed by atoms with Crippen molar-refractivity contribution in [2.75, 3.05) is 13.1 Å². The standard InChI is InChI=1S/C13H28BN3/c14-16-13(15)17-11-9-7-5-3-1-2-4-6-8-10-12-17/h1-12,14H2,(H2,15,16). The van der Waals surface area contributed by atoms with Gasteiger partial charge in [-0.25, -0.2) is 0 Å². The van der Waals surface area contributed by atoms with Crippen LogP contribution in [0, 0.1) is 5.41 Å². The summed E-state index contributed by atoms with van der Waals surface area (Å²) in [5.74, 6) is 0.597. The highest BCUT2D eigenvalue weighted by atomic mass is 15.2. The van der Waals surface area contributed by atoms with E-state index in [1.165, 1.54) is 64.2 Å². The molecule has 0 aromatic rings. The molecule has 0 aromatic carbocycles. The van der Waals surface area contributed by atoms with Gasteiger partial charge in [-0.1, -0.05) is 51.4 Å². The van der Waals surface area contributed by atoms with Crippen molar-refractivity contribution in [2.24, 2.45) is 0 Å². The first kappa shape index (κ1) is 14.4. The Morgan fingerprint density at radius 1 is 0.765 bits per heavy atom. The molecule has 0 aromatic heterocycles. The Bertz CT molecular complexity index is 195. The summed E-state index contributed by atoms with van der Waals surface area (Å²) in [6.07, 6.45) is 13.6. The third-order valence-corrected chi connectivity index (χ3v) is 3.66. The van der Waals surface area contributed by atoms with Crippen molar-refractivity contribution in [3.8, 4) is 0 Å². The predicted octanol–water partition coefficient (Wildman–Crippen LogP) is 2.28. The van der Waals surface area contributed by atoms with Gasteiger partial charge in [0.2, 0.25) is 7.98 Å². The van der Waals surface area contributed by atoms with Crippen molar-refractivity contribution < 1.29 is 0 Å². The number of guanidine groups is 1. The van der Waals surface area contributed by atoms with Crippen LogP contribution in [0.2, 0.25) is 0 Å². The van der Waals surface area contributed by atoms with Gasteiger partial charge in [0.15, 0.2) is 5.96 Å². The maximum absolute atomic E-state index is 7.88. The quantitative estimate of drug-likeness (QED) is 0.385. The van der Waals surface area contributed by atoms with Crippen LogP contribution in [0.25, 0.3) is 0 Å². The van der Waals surface area contributed by atoms with Gasteiger partial charge < -0.3 is 10.1 Å². The SMILES string of the molecule is BNC(=N)N1CCCCCCCCCCCC1. The molecular formula is C13H28BN3. The third kappa shape index (κ3) is 6.59. The maximum atomic E-state index is 7.88. The molecule has 1 aliphatic rings. The van der Waals surface area contributed by atoms with E-state index in [-0.39, 0.29) is 0 Å². The summed E-state index contributed by atoms with van der Waals surface area (Å²) in [5.41, 5.74) is 0. The lowest BCUT2D eigenvalue weighted by molar-refractivity contribution is 0.379. The molecule has 1 saturated heterocycles. The first-order valence-electron chi connectivity index (χ1n) is 7.36. The van der Waals surface area contributed by atoms with Gasteiger partial charge in [0, 0.05) is 13.1 Å². The summed E-state index contributed by atoms with van der Waals surface area (Å²) >= 11 is 0. The zero-order chi connectivity index (χ0) is 12.3. The molecule has 0 atom stereocenters. The summed E-state index contributed by atoms with van der Waals surface area (Å²) in [6, 6.07) is 0. The Morgan fingerprint density at radius 2 is 1.12 bits per heavy atom. The van der Waals surface area contributed by atoms with Crippen LogP contribution in [0.5, 0.6) is 0 Å². The van der Waals surface area contributed by atoms with Crippen LogP contribution in [-0.4, -0.2) is 31.9 Å². The lowest BCUT2D eigenvalue weighted by Crippen LogP contribution is -2.40. The van der Waals surface area contributed by atoms with Gasteiger partial charge in [0.25, 0.3) is 0 Å². The molecule has 1 aliphatic heterocycles. The number of hydrogen-bond donors (Lipinski definition) is 2. The third-order valence-electron chi connectivity index (χ3n) is 3.66. The lowest BCUT2D eigenvalue weighted by Gasteiger charge is -2.25. The van der Waals surface area contributed by atoms with E-state index in [2.05, 4.69) is 10.1 Å². The smallest absolute Gasteiger partial charge is 0.217 e. The molecule has 98 valence electrons. The maximum Gasteiger partial charge on any atom is 0.217 e. The fraction of sp³-hybridized carbons (Fsp3) is 0.923. The molecule has 0 saturated carbocycles. The van der Waals surface area contributed by atoms with Crippen molar-refractivity contribution >= 4 is 13.9 Å². The number of hydrogen-bond acceptors (Lipinski definition) is 1. The zero-order valence-electron chi connectivity index (χ0n) is 11.4. The molecule has 2 N–H and O–H groups in total. The molecule has 0 spiro atoms. The molecular weight excluding hydrogens is 209 g/mol. The molecule has 1 rings (SSSR count). The predicted molar refractivity (Wildman–Crippen MR) is 77.1 cm³/mol. The highest BCUT2D eigenvalue weighted by Gasteiger charge is 2.07. The summed E-state index contributed by atoms with van der Waals surface area (Å²) in [5, 5.41) is 10.9. The van der Waals surface area contributed by atoms with Gasteiger partial charge in [0.1, 0.15) is 0 Å². The van der Waals surface area contributed by atoms with Crippen LogP contribution >= 0.6 is 0 Å². The molecule has 0 bridgehead atoms. The van der Waals surface area contributed by atoms with E-state index in [9.17, 15) is 0 Å². The van der Waals surface area contributed by atoms with Crippen molar-refractivity contribution in [2.45, 2.75) is 64.2 Å². The lowest BCUT2D eigenvalue weighted by atomic mass is 10.1. The van der Waals surface area contributed by atoms with Gasteiger partial charge >= 0.3 is 0 Å². The average molecular weight is 237 g/mol. The molecule has 3 nitrogen and oxygen atoms in total. The Balaban J connectivity index is 2.33. The Morgan fingerprint density at radius 3 is 1.47 bits per heavy atom. The van der Waals surface area contributed by atoms with Gasteiger partial charge in [-0.05, 0) is 12.8 Å². The highest BCUT2D eigenvalue weighted by Crippen LogP contribution is 2.12. The van der Waals surface area contributed by atoms with Gasteiger partial charge in [-0.15, -0.1) is 0 Å². The molecule has 0 aliphatic carbocycles. The Kier molecular flexibility index (Phi) is 7.94. The zero-order valence-corrected chi connectivity index (χ0v) is 11.4. The van der Waals surface area contributed by atoms with Crippen LogP contribution < -0.4 is 5.23 Å². The van der Waals surface area contributed by atoms with E-state index in [0.717, 1.165) is 13.1 Å². The monoisotopic (exact) mass is 237 g/mol. The second-order valence-electron chi connectivity index (χ2n) is 5.12. The minimum Gasteiger partial charge on any atom is -0.406 e. The first-order valence-corrected chi connectivity index (χ1v) is 7.36. The van der Waals surface area contributed by atoms with Crippen LogP contribution in [0.3, 0.4) is 0 Å². The van der Waals surface area contributed by atoms with Crippen LogP contribution in [0.4, 0.5) is 0 Å². The average Bonchev–Trinajstić information content (AvgIpc) is 2.38. The molecule has 1 fully saturated rings. The van der Waals surface area contributed by atoms with E-state index in [1.54, 1.807) is 0 Å². The number of nitrogens with one attached hydrogen (secondary N) is 2. The first-order chi connectivity index (χ1) is 8.34. The Hall–Kier alpha value is -0.665. The summed E-state index contributed by atoms with van der Waals surface area (Å²) in [6.45, 7) is 2.11. The van der Waals surface area contributed by atoms with Crippen molar-refractivity contribution in [1.82, 2.24) is 10.1 Å². The molecule has 4 heteroatoms. The normalized spacial score (nSPS) is 20.8. The van der Waals surface area contributed by atoms with Crippen LogP contribution in [0.1, 0.15) is 64.2 Å². The van der Waals surface area contributed by atoms with Gasteiger partial charge in [-0.3, -0.25) is 5.41 Å². The summed E-state index contributed by atoms with van der Waals surface area (Å²) in [4.78, 5) is 2.21. The topological polar surface area (TPSA) is 39.1 Å². The molecule has 17 heavy (non-hydrogen) atoms. The summed E-state index contributed by atoms with van der Waals surface area (Å²) in [7, 11) is 1.85. The Labute approximate surface area is 107 Å². The minimum atomic E-state index is 0.597. The second kappa shape index (κ2) is 9.37. The largest absolute Gasteiger partial charge is 0.406 e. The van der Waals surface area contributed by atoms with Gasteiger partial charge in [-0.2, -0.15) is 0 Å². The van der Waals surface area contributed by atoms with E-state index in [1.807, 2.05) is 7.98 Å². The second-order valence-corrected chi connectivity index (χ2v) is 5.12. The molecule has 0 radical (unpaired) electrons. The minimum absolute atomic E-state index is 0.597. The van der Waals surface area contributed by atoms with Crippen molar-refractivity contribution in [3.05, 3.63) is 0 Å². The van der Waals surface area contributed by atoms with Gasteiger partial charge in [0.05, 0.1) is 0 Å². The molecule has 1 heterocycles. The highest BCUT2D eigenvalue weighted by molar-refractivity contribution is 6.14. The van der Waals surface area contributed by atoms with Crippen LogP contribution in [0.15, 0.2) is 0 Å². The van der Waals surface area contributed by atoms with Crippen molar-refractivity contribution in [3.63, 3.8) is 0 Å². The van der Waals surface area contributed by atoms with Crippen LogP contribution in [-0.2, 0) is 0 Å². The van der Waals surface area contributed by atoms with E-state index in [4.69, 9.17) is 5.41 Å². The fourth-order valence-electron chi connectivity index (χ4n) is 2.51. The number of nitrogens with zero attached hydrogens (tertiary/aromatic N) is 1. The fourth-order valence-corrected chi connectivity index (χ4v) is 2.51. The molecule has 0 amide bonds. The summed E-state index contributed by atoms with van der Waals surface area (Å²) < 4.78 is 0.